The van der Waals surface area contributed by atoms with E-state index in [2.05, 4.69) is 99.8 Å². The zero-order valence-corrected chi connectivity index (χ0v) is 42.3. The Bertz CT molecular complexity index is 1190. The highest BCUT2D eigenvalue weighted by atomic mass is 16.6. The summed E-state index contributed by atoms with van der Waals surface area (Å²) in [5.74, 6) is -0.496. The molecule has 0 aromatic heterocycles. The van der Waals surface area contributed by atoms with E-state index < -0.39 is 6.10 Å². The average molecular weight is 891 g/mol. The molecule has 368 valence electrons. The maximum atomic E-state index is 12.8. The van der Waals surface area contributed by atoms with E-state index in [9.17, 15) is 9.59 Å². The zero-order valence-electron chi connectivity index (χ0n) is 42.3. The van der Waals surface area contributed by atoms with Crippen molar-refractivity contribution in [1.82, 2.24) is 0 Å². The van der Waals surface area contributed by atoms with Gasteiger partial charge in [-0.2, -0.15) is 0 Å². The largest absolute Gasteiger partial charge is 0.462 e. The fourth-order valence-corrected chi connectivity index (χ4v) is 7.37. The molecule has 0 fully saturated rings. The average Bonchev–Trinajstić information content (AvgIpc) is 3.30. The van der Waals surface area contributed by atoms with Gasteiger partial charge in [0.25, 0.3) is 0 Å². The van der Waals surface area contributed by atoms with Crippen molar-refractivity contribution in [2.75, 3.05) is 19.8 Å². The van der Waals surface area contributed by atoms with Crippen LogP contribution in [0.4, 0.5) is 0 Å². The lowest BCUT2D eigenvalue weighted by Crippen LogP contribution is -2.30. The first kappa shape index (κ1) is 61.1. The van der Waals surface area contributed by atoms with Crippen LogP contribution in [0.2, 0.25) is 0 Å². The van der Waals surface area contributed by atoms with Crippen LogP contribution in [0.1, 0.15) is 252 Å². The molecule has 0 aliphatic heterocycles. The molecule has 64 heavy (non-hydrogen) atoms. The Morgan fingerprint density at radius 2 is 0.734 bits per heavy atom. The Morgan fingerprint density at radius 1 is 0.359 bits per heavy atom. The summed E-state index contributed by atoms with van der Waals surface area (Å²) in [6, 6.07) is 0. The van der Waals surface area contributed by atoms with Gasteiger partial charge in [0.1, 0.15) is 6.61 Å². The van der Waals surface area contributed by atoms with Gasteiger partial charge in [0.15, 0.2) is 6.10 Å². The van der Waals surface area contributed by atoms with Crippen LogP contribution in [0.3, 0.4) is 0 Å². The SMILES string of the molecule is CC/C=C\C/C=C\C/C=C\C/C=C\CCC(=O)OC(COCCCCCCCC/C=C\CCCCCCCC)COC(=O)CCCCCCCCCCC/C=C\C/C=C\CCCCC. The van der Waals surface area contributed by atoms with E-state index in [0.29, 0.717) is 25.9 Å². The van der Waals surface area contributed by atoms with E-state index in [4.69, 9.17) is 14.2 Å². The van der Waals surface area contributed by atoms with Gasteiger partial charge >= 0.3 is 11.9 Å². The molecule has 0 saturated carbocycles. The van der Waals surface area contributed by atoms with Crippen LogP contribution in [0.15, 0.2) is 85.1 Å². The number of ether oxygens (including phenoxy) is 3. The lowest BCUT2D eigenvalue weighted by molar-refractivity contribution is -0.162. The Balaban J connectivity index is 4.33. The number of unbranched alkanes of at least 4 members (excludes halogenated alkanes) is 24. The standard InChI is InChI=1S/C59H102O5/c1-4-7-10-13-16-19-22-25-27-29-30-31-32-35-37-40-43-46-49-52-58(60)63-56-57(64-59(61)53-50-47-44-41-38-34-24-21-18-15-12-9-6-3)55-62-54-51-48-45-42-39-36-33-28-26-23-20-17-14-11-8-5-2/h9,12,16,18-19,21,25-28,34,38,44,47,57H,4-8,10-11,13-15,17,20,22-24,29-33,35-37,39-43,45-46,48-56H2,1-3H3/b12-9-,19-16-,21-18-,27-25-,28-26-,38-34-,47-44-. The minimum absolute atomic E-state index is 0.0495. The van der Waals surface area contributed by atoms with Crippen molar-refractivity contribution >= 4 is 11.9 Å². The van der Waals surface area contributed by atoms with Gasteiger partial charge in [0.05, 0.1) is 6.61 Å². The summed E-state index contributed by atoms with van der Waals surface area (Å²) >= 11 is 0. The summed E-state index contributed by atoms with van der Waals surface area (Å²) in [6.07, 6.45) is 71.8. The van der Waals surface area contributed by atoms with Gasteiger partial charge in [-0.05, 0) is 103 Å². The fourth-order valence-electron chi connectivity index (χ4n) is 7.37. The molecule has 0 amide bonds. The molecule has 0 aliphatic carbocycles. The number of carbonyl (C=O) groups excluding carboxylic acids is 2. The lowest BCUT2D eigenvalue weighted by atomic mass is 10.1. The van der Waals surface area contributed by atoms with Crippen molar-refractivity contribution in [2.45, 2.75) is 258 Å². The Hall–Kier alpha value is -2.92. The van der Waals surface area contributed by atoms with Gasteiger partial charge in [0, 0.05) is 19.4 Å². The minimum Gasteiger partial charge on any atom is -0.462 e. The number of hydrogen-bond donors (Lipinski definition) is 0. The van der Waals surface area contributed by atoms with Crippen molar-refractivity contribution in [2.24, 2.45) is 0 Å². The van der Waals surface area contributed by atoms with E-state index in [1.54, 1.807) is 0 Å². The molecular formula is C59H102O5. The van der Waals surface area contributed by atoms with Crippen molar-refractivity contribution in [1.29, 1.82) is 0 Å². The summed E-state index contributed by atoms with van der Waals surface area (Å²) in [4.78, 5) is 25.4. The molecule has 0 heterocycles. The molecule has 5 nitrogen and oxygen atoms in total. The van der Waals surface area contributed by atoms with E-state index in [0.717, 1.165) is 64.2 Å². The third kappa shape index (κ3) is 51.7. The van der Waals surface area contributed by atoms with Gasteiger partial charge in [-0.25, -0.2) is 0 Å². The quantitative estimate of drug-likeness (QED) is 0.0346. The molecule has 0 rings (SSSR count). The van der Waals surface area contributed by atoms with Crippen LogP contribution in [-0.2, 0) is 23.8 Å². The summed E-state index contributed by atoms with van der Waals surface area (Å²) in [5, 5.41) is 0. The van der Waals surface area contributed by atoms with E-state index in [-0.39, 0.29) is 25.2 Å². The first-order valence-electron chi connectivity index (χ1n) is 27.1. The normalized spacial score (nSPS) is 12.9. The summed E-state index contributed by atoms with van der Waals surface area (Å²) in [7, 11) is 0. The summed E-state index contributed by atoms with van der Waals surface area (Å²) < 4.78 is 17.3. The Labute approximate surface area is 397 Å². The van der Waals surface area contributed by atoms with Crippen LogP contribution in [0.5, 0.6) is 0 Å². The molecule has 0 bridgehead atoms. The molecule has 0 aromatic carbocycles. The van der Waals surface area contributed by atoms with E-state index in [1.165, 1.54) is 148 Å². The molecular weight excluding hydrogens is 789 g/mol. The topological polar surface area (TPSA) is 61.8 Å². The molecule has 0 spiro atoms. The van der Waals surface area contributed by atoms with Crippen LogP contribution >= 0.6 is 0 Å². The molecule has 0 radical (unpaired) electrons. The summed E-state index contributed by atoms with van der Waals surface area (Å²) in [5.41, 5.74) is 0. The number of hydrogen-bond acceptors (Lipinski definition) is 5. The first-order chi connectivity index (χ1) is 31.6. The Kier molecular flexibility index (Phi) is 51.9. The maximum absolute atomic E-state index is 12.8. The number of esters is 2. The smallest absolute Gasteiger partial charge is 0.306 e. The second-order valence-electron chi connectivity index (χ2n) is 17.7. The predicted octanol–water partition coefficient (Wildman–Crippen LogP) is 18.5. The molecule has 5 heteroatoms. The maximum Gasteiger partial charge on any atom is 0.306 e. The molecule has 0 N–H and O–H groups in total. The van der Waals surface area contributed by atoms with Gasteiger partial charge in [-0.1, -0.05) is 221 Å². The van der Waals surface area contributed by atoms with Gasteiger partial charge in [-0.15, -0.1) is 0 Å². The molecule has 0 aromatic rings. The monoisotopic (exact) mass is 891 g/mol. The van der Waals surface area contributed by atoms with Crippen LogP contribution < -0.4 is 0 Å². The van der Waals surface area contributed by atoms with Crippen molar-refractivity contribution in [3.63, 3.8) is 0 Å². The van der Waals surface area contributed by atoms with Crippen LogP contribution in [0, 0.1) is 0 Å². The van der Waals surface area contributed by atoms with Crippen LogP contribution in [-0.4, -0.2) is 37.9 Å². The van der Waals surface area contributed by atoms with Crippen LogP contribution in [0.25, 0.3) is 0 Å². The highest BCUT2D eigenvalue weighted by Gasteiger charge is 2.17. The van der Waals surface area contributed by atoms with Crippen molar-refractivity contribution in [3.8, 4) is 0 Å². The molecule has 0 aliphatic rings. The van der Waals surface area contributed by atoms with Crippen molar-refractivity contribution in [3.05, 3.63) is 85.1 Å². The zero-order chi connectivity index (χ0) is 46.3. The highest BCUT2D eigenvalue weighted by Crippen LogP contribution is 2.14. The Morgan fingerprint density at radius 3 is 1.23 bits per heavy atom. The number of rotatable bonds is 49. The van der Waals surface area contributed by atoms with E-state index in [1.807, 2.05) is 6.08 Å². The molecule has 1 atom stereocenters. The van der Waals surface area contributed by atoms with Gasteiger partial charge in [-0.3, -0.25) is 9.59 Å². The first-order valence-corrected chi connectivity index (χ1v) is 27.1. The second-order valence-corrected chi connectivity index (χ2v) is 17.7. The predicted molar refractivity (Wildman–Crippen MR) is 279 cm³/mol. The lowest BCUT2D eigenvalue weighted by Gasteiger charge is -2.18. The third-order valence-electron chi connectivity index (χ3n) is 11.4. The van der Waals surface area contributed by atoms with Gasteiger partial charge < -0.3 is 14.2 Å². The van der Waals surface area contributed by atoms with Crippen molar-refractivity contribution < 1.29 is 23.8 Å². The number of allylic oxidation sites excluding steroid dienone is 14. The second kappa shape index (κ2) is 54.4. The molecule has 0 saturated heterocycles. The summed E-state index contributed by atoms with van der Waals surface area (Å²) in [6.45, 7) is 7.60. The fraction of sp³-hybridized carbons (Fsp3) is 0.729. The molecule has 1 unspecified atom stereocenters. The van der Waals surface area contributed by atoms with E-state index >= 15 is 0 Å². The highest BCUT2D eigenvalue weighted by molar-refractivity contribution is 5.70. The van der Waals surface area contributed by atoms with Gasteiger partial charge in [0.2, 0.25) is 0 Å². The number of carbonyl (C=O) groups is 2. The third-order valence-corrected chi connectivity index (χ3v) is 11.4. The minimum atomic E-state index is -0.582.